The van der Waals surface area contributed by atoms with Gasteiger partial charge in [-0.2, -0.15) is 0 Å². The minimum atomic E-state index is 0.339. The first-order valence-corrected chi connectivity index (χ1v) is 6.74. The lowest BCUT2D eigenvalue weighted by Crippen LogP contribution is -2.02. The van der Waals surface area contributed by atoms with Crippen molar-refractivity contribution in [2.45, 2.75) is 64.7 Å². The maximum Gasteiger partial charge on any atom is 0.162 e. The first-order valence-electron chi connectivity index (χ1n) is 6.74. The summed E-state index contributed by atoms with van der Waals surface area (Å²) in [5.74, 6) is 0.339. The van der Waals surface area contributed by atoms with E-state index in [1.807, 2.05) is 6.08 Å². The Kier molecular flexibility index (Phi) is 6.87. The van der Waals surface area contributed by atoms with Crippen molar-refractivity contribution in [2.24, 2.45) is 0 Å². The molecule has 0 amide bonds. The van der Waals surface area contributed by atoms with Gasteiger partial charge in [0.15, 0.2) is 5.78 Å². The van der Waals surface area contributed by atoms with Crippen molar-refractivity contribution in [1.82, 2.24) is 0 Å². The van der Waals surface area contributed by atoms with Crippen molar-refractivity contribution >= 4 is 5.78 Å². The molecule has 1 aliphatic carbocycles. The predicted octanol–water partition coefficient (Wildman–Crippen LogP) is 4.58. The van der Waals surface area contributed by atoms with Crippen molar-refractivity contribution in [3.8, 4) is 0 Å². The Balaban J connectivity index is 2.06. The summed E-state index contributed by atoms with van der Waals surface area (Å²) in [6.07, 6.45) is 16.6. The molecule has 0 aromatic rings. The van der Waals surface area contributed by atoms with E-state index in [0.717, 1.165) is 31.3 Å². The van der Waals surface area contributed by atoms with Gasteiger partial charge in [-0.1, -0.05) is 57.3 Å². The summed E-state index contributed by atoms with van der Waals surface area (Å²) in [6, 6.07) is 0. The molecular formula is C15H24O. The summed E-state index contributed by atoms with van der Waals surface area (Å²) in [5.41, 5.74) is 0.944. The zero-order valence-corrected chi connectivity index (χ0v) is 10.5. The Bertz CT molecular complexity index is 261. The van der Waals surface area contributed by atoms with Crippen LogP contribution in [0.25, 0.3) is 0 Å². The van der Waals surface area contributed by atoms with Gasteiger partial charge in [-0.05, 0) is 19.3 Å². The molecule has 0 N–H and O–H groups in total. The van der Waals surface area contributed by atoms with Gasteiger partial charge in [0.2, 0.25) is 0 Å². The van der Waals surface area contributed by atoms with E-state index in [-0.39, 0.29) is 0 Å². The average Bonchev–Trinajstić information content (AvgIpc) is 2.34. The molecule has 0 fully saturated rings. The minimum absolute atomic E-state index is 0.339. The van der Waals surface area contributed by atoms with E-state index in [4.69, 9.17) is 0 Å². The Morgan fingerprint density at radius 1 is 1.12 bits per heavy atom. The Labute approximate surface area is 99.6 Å². The Hall–Kier alpha value is -0.850. The van der Waals surface area contributed by atoms with Crippen molar-refractivity contribution in [3.63, 3.8) is 0 Å². The van der Waals surface area contributed by atoms with E-state index in [0.29, 0.717) is 5.78 Å². The van der Waals surface area contributed by atoms with E-state index in [1.165, 1.54) is 32.1 Å². The molecule has 0 aromatic carbocycles. The van der Waals surface area contributed by atoms with Crippen LogP contribution in [0.1, 0.15) is 64.7 Å². The smallest absolute Gasteiger partial charge is 0.162 e. The van der Waals surface area contributed by atoms with Gasteiger partial charge < -0.3 is 0 Å². The van der Waals surface area contributed by atoms with Crippen LogP contribution in [0.2, 0.25) is 0 Å². The summed E-state index contributed by atoms with van der Waals surface area (Å²) < 4.78 is 0. The van der Waals surface area contributed by atoms with Crippen LogP contribution in [0.5, 0.6) is 0 Å². The molecule has 1 nitrogen and oxygen atoms in total. The molecule has 1 heteroatoms. The summed E-state index contributed by atoms with van der Waals surface area (Å²) in [5, 5.41) is 0. The number of Topliss-reactive ketones (excluding diaryl/α,β-unsaturated/α-hetero) is 1. The molecule has 0 saturated carbocycles. The highest BCUT2D eigenvalue weighted by molar-refractivity contribution is 5.98. The third kappa shape index (κ3) is 5.29. The molecule has 0 saturated heterocycles. The lowest BCUT2D eigenvalue weighted by molar-refractivity contribution is -0.115. The first-order chi connectivity index (χ1) is 7.84. The lowest BCUT2D eigenvalue weighted by Gasteiger charge is -2.05. The predicted molar refractivity (Wildman–Crippen MR) is 69.5 cm³/mol. The zero-order chi connectivity index (χ0) is 11.6. The third-order valence-corrected chi connectivity index (χ3v) is 3.07. The molecule has 90 valence electrons. The summed E-state index contributed by atoms with van der Waals surface area (Å²) in [7, 11) is 0. The SMILES string of the molecule is CCCCCCCCC(=O)C1=CCCC=C1. The van der Waals surface area contributed by atoms with Crippen LogP contribution in [0.3, 0.4) is 0 Å². The lowest BCUT2D eigenvalue weighted by atomic mass is 9.99. The fraction of sp³-hybridized carbons (Fsp3) is 0.667. The van der Waals surface area contributed by atoms with Crippen LogP contribution in [-0.4, -0.2) is 5.78 Å². The normalized spacial score (nSPS) is 14.9. The number of carbonyl (C=O) groups excluding carboxylic acids is 1. The summed E-state index contributed by atoms with van der Waals surface area (Å²) >= 11 is 0. The van der Waals surface area contributed by atoms with Gasteiger partial charge in [0.05, 0.1) is 0 Å². The molecule has 0 aliphatic heterocycles. The fourth-order valence-electron chi connectivity index (χ4n) is 2.03. The number of allylic oxidation sites excluding steroid dienone is 4. The van der Waals surface area contributed by atoms with Gasteiger partial charge in [0, 0.05) is 12.0 Å². The highest BCUT2D eigenvalue weighted by atomic mass is 16.1. The van der Waals surface area contributed by atoms with Crippen LogP contribution in [0.4, 0.5) is 0 Å². The number of rotatable bonds is 8. The molecule has 1 aliphatic rings. The minimum Gasteiger partial charge on any atom is -0.294 e. The molecule has 0 bridgehead atoms. The highest BCUT2D eigenvalue weighted by Gasteiger charge is 2.07. The Morgan fingerprint density at radius 3 is 2.56 bits per heavy atom. The summed E-state index contributed by atoms with van der Waals surface area (Å²) in [6.45, 7) is 2.23. The van der Waals surface area contributed by atoms with Crippen molar-refractivity contribution in [2.75, 3.05) is 0 Å². The van der Waals surface area contributed by atoms with Crippen LogP contribution in [-0.2, 0) is 4.79 Å². The van der Waals surface area contributed by atoms with E-state index in [2.05, 4.69) is 19.1 Å². The van der Waals surface area contributed by atoms with Crippen LogP contribution < -0.4 is 0 Å². The molecule has 16 heavy (non-hydrogen) atoms. The fourth-order valence-corrected chi connectivity index (χ4v) is 2.03. The van der Waals surface area contributed by atoms with Crippen molar-refractivity contribution in [1.29, 1.82) is 0 Å². The standard InChI is InChI=1S/C15H24O/c1-2-3-4-5-6-10-13-15(16)14-11-8-7-9-12-14/h8,11-12H,2-7,9-10,13H2,1H3. The highest BCUT2D eigenvalue weighted by Crippen LogP contribution is 2.14. The number of hydrogen-bond acceptors (Lipinski definition) is 1. The Morgan fingerprint density at radius 2 is 1.88 bits per heavy atom. The van der Waals surface area contributed by atoms with E-state index in [1.54, 1.807) is 0 Å². The number of carbonyl (C=O) groups is 1. The average molecular weight is 220 g/mol. The maximum absolute atomic E-state index is 11.8. The topological polar surface area (TPSA) is 17.1 Å². The van der Waals surface area contributed by atoms with Gasteiger partial charge in [-0.3, -0.25) is 4.79 Å². The van der Waals surface area contributed by atoms with Crippen LogP contribution >= 0.6 is 0 Å². The second kappa shape index (κ2) is 8.32. The molecule has 0 unspecified atom stereocenters. The van der Waals surface area contributed by atoms with Crippen molar-refractivity contribution in [3.05, 3.63) is 23.8 Å². The van der Waals surface area contributed by atoms with Crippen molar-refractivity contribution < 1.29 is 4.79 Å². The monoisotopic (exact) mass is 220 g/mol. The number of unbranched alkanes of at least 4 members (excludes halogenated alkanes) is 5. The summed E-state index contributed by atoms with van der Waals surface area (Å²) in [4.78, 5) is 11.8. The molecule has 1 rings (SSSR count). The molecule has 0 heterocycles. The molecule has 0 spiro atoms. The quantitative estimate of drug-likeness (QED) is 0.547. The zero-order valence-electron chi connectivity index (χ0n) is 10.5. The van der Waals surface area contributed by atoms with E-state index >= 15 is 0 Å². The second-order valence-electron chi connectivity index (χ2n) is 4.58. The number of ketones is 1. The van der Waals surface area contributed by atoms with Gasteiger partial charge >= 0.3 is 0 Å². The van der Waals surface area contributed by atoms with Gasteiger partial charge in [-0.25, -0.2) is 0 Å². The van der Waals surface area contributed by atoms with Gasteiger partial charge in [0.25, 0.3) is 0 Å². The van der Waals surface area contributed by atoms with Crippen LogP contribution in [0.15, 0.2) is 23.8 Å². The third-order valence-electron chi connectivity index (χ3n) is 3.07. The molecule has 0 atom stereocenters. The van der Waals surface area contributed by atoms with Gasteiger partial charge in [0.1, 0.15) is 0 Å². The molecular weight excluding hydrogens is 196 g/mol. The van der Waals surface area contributed by atoms with Gasteiger partial charge in [-0.15, -0.1) is 0 Å². The number of hydrogen-bond donors (Lipinski definition) is 0. The van der Waals surface area contributed by atoms with E-state index in [9.17, 15) is 4.79 Å². The molecule has 0 radical (unpaired) electrons. The first kappa shape index (κ1) is 13.2. The maximum atomic E-state index is 11.8. The van der Waals surface area contributed by atoms with Crippen LogP contribution in [0, 0.1) is 0 Å². The second-order valence-corrected chi connectivity index (χ2v) is 4.58. The largest absolute Gasteiger partial charge is 0.294 e. The molecule has 0 aromatic heterocycles. The van der Waals surface area contributed by atoms with E-state index < -0.39 is 0 Å².